The fourth-order valence-corrected chi connectivity index (χ4v) is 3.18. The van der Waals surface area contributed by atoms with Crippen molar-refractivity contribution in [3.05, 3.63) is 75.4 Å². The number of carbonyl (C=O) groups is 1. The Hall–Kier alpha value is -2.11. The quantitative estimate of drug-likeness (QED) is 0.650. The maximum atomic E-state index is 12.3. The van der Waals surface area contributed by atoms with Crippen LogP contribution in [0.2, 0.25) is 0 Å². The van der Waals surface area contributed by atoms with Gasteiger partial charge in [-0.25, -0.2) is 0 Å². The minimum atomic E-state index is -0.153. The Morgan fingerprint density at radius 1 is 0.955 bits per heavy atom. The fraction of sp³-hybridized carbons (Fsp3) is 0. The van der Waals surface area contributed by atoms with Gasteiger partial charge in [0.1, 0.15) is 5.75 Å². The topological polar surface area (TPSA) is 38.3 Å². The average molecular weight is 374 g/mol. The number of amides is 1. The molecule has 0 fully saturated rings. The van der Waals surface area contributed by atoms with Crippen molar-refractivity contribution >= 4 is 38.9 Å². The molecule has 0 spiro atoms. The Kier molecular flexibility index (Phi) is 4.56. The molecular weight excluding hydrogens is 362 g/mol. The molecule has 1 N–H and O–H groups in total. The first-order chi connectivity index (χ1) is 10.7. The van der Waals surface area contributed by atoms with Crippen LogP contribution in [-0.2, 0) is 0 Å². The lowest BCUT2D eigenvalue weighted by Crippen LogP contribution is -2.10. The van der Waals surface area contributed by atoms with Crippen molar-refractivity contribution in [2.45, 2.75) is 0 Å². The van der Waals surface area contributed by atoms with E-state index in [0.717, 1.165) is 9.54 Å². The number of anilines is 1. The van der Waals surface area contributed by atoms with Gasteiger partial charge in [0.05, 0.1) is 14.4 Å². The Morgan fingerprint density at radius 3 is 2.41 bits per heavy atom. The van der Waals surface area contributed by atoms with Crippen molar-refractivity contribution in [1.82, 2.24) is 0 Å². The maximum absolute atomic E-state index is 12.3. The van der Waals surface area contributed by atoms with Crippen molar-refractivity contribution in [1.29, 1.82) is 0 Å². The van der Waals surface area contributed by atoms with Crippen molar-refractivity contribution < 1.29 is 9.53 Å². The lowest BCUT2D eigenvalue weighted by atomic mass is 10.2. The van der Waals surface area contributed by atoms with Gasteiger partial charge in [0.15, 0.2) is 5.75 Å². The molecule has 0 unspecified atom stereocenters. The van der Waals surface area contributed by atoms with Crippen LogP contribution in [0.3, 0.4) is 0 Å². The molecule has 0 bridgehead atoms. The standard InChI is InChI=1S/C17H12BrNO2S/c18-16-11-10-15(22-16)17(20)19-13-8-4-5-9-14(13)21-12-6-2-1-3-7-12/h1-11H,(H,19,20). The first kappa shape index (κ1) is 14.8. The number of rotatable bonds is 4. The molecule has 0 atom stereocenters. The summed E-state index contributed by atoms with van der Waals surface area (Å²) in [5, 5.41) is 2.89. The molecule has 1 aromatic heterocycles. The summed E-state index contributed by atoms with van der Waals surface area (Å²) in [6.45, 7) is 0. The van der Waals surface area contributed by atoms with E-state index in [9.17, 15) is 4.79 Å². The summed E-state index contributed by atoms with van der Waals surface area (Å²) in [7, 11) is 0. The summed E-state index contributed by atoms with van der Waals surface area (Å²) >= 11 is 4.75. The summed E-state index contributed by atoms with van der Waals surface area (Å²) in [6, 6.07) is 20.5. The van der Waals surface area contributed by atoms with Gasteiger partial charge >= 0.3 is 0 Å². The highest BCUT2D eigenvalue weighted by molar-refractivity contribution is 9.11. The summed E-state index contributed by atoms with van der Waals surface area (Å²) in [4.78, 5) is 12.9. The van der Waals surface area contributed by atoms with Gasteiger partial charge in [0.25, 0.3) is 5.91 Å². The molecule has 0 aliphatic heterocycles. The number of hydrogen-bond donors (Lipinski definition) is 1. The molecule has 1 amide bonds. The zero-order chi connectivity index (χ0) is 15.4. The predicted octanol–water partition coefficient (Wildman–Crippen LogP) is 5.56. The smallest absolute Gasteiger partial charge is 0.265 e. The van der Waals surface area contributed by atoms with Crippen LogP contribution < -0.4 is 10.1 Å². The first-order valence-corrected chi connectivity index (χ1v) is 8.22. The van der Waals surface area contributed by atoms with Crippen molar-refractivity contribution in [2.24, 2.45) is 0 Å². The van der Waals surface area contributed by atoms with Crippen LogP contribution >= 0.6 is 27.3 Å². The van der Waals surface area contributed by atoms with E-state index in [1.165, 1.54) is 11.3 Å². The van der Waals surface area contributed by atoms with E-state index in [1.54, 1.807) is 6.07 Å². The number of hydrogen-bond acceptors (Lipinski definition) is 3. The number of benzene rings is 2. The molecule has 3 rings (SSSR count). The zero-order valence-corrected chi connectivity index (χ0v) is 13.9. The van der Waals surface area contributed by atoms with Gasteiger partial charge in [-0.1, -0.05) is 30.3 Å². The summed E-state index contributed by atoms with van der Waals surface area (Å²) < 4.78 is 6.75. The molecule has 2 aromatic carbocycles. The molecule has 0 saturated carbocycles. The number of para-hydroxylation sites is 3. The Labute approximate surface area is 140 Å². The molecule has 0 radical (unpaired) electrons. The molecule has 22 heavy (non-hydrogen) atoms. The summed E-state index contributed by atoms with van der Waals surface area (Å²) in [5.74, 6) is 1.18. The third-order valence-electron chi connectivity index (χ3n) is 2.90. The second-order valence-corrected chi connectivity index (χ2v) is 6.93. The van der Waals surface area contributed by atoms with E-state index in [1.807, 2.05) is 60.7 Å². The van der Waals surface area contributed by atoms with Crippen LogP contribution in [0.1, 0.15) is 9.67 Å². The third-order valence-corrected chi connectivity index (χ3v) is 4.53. The monoisotopic (exact) mass is 373 g/mol. The molecule has 3 aromatic rings. The van der Waals surface area contributed by atoms with Gasteiger partial charge in [-0.2, -0.15) is 0 Å². The lowest BCUT2D eigenvalue weighted by Gasteiger charge is -2.11. The van der Waals surface area contributed by atoms with E-state index < -0.39 is 0 Å². The highest BCUT2D eigenvalue weighted by Crippen LogP contribution is 2.30. The largest absolute Gasteiger partial charge is 0.455 e. The van der Waals surface area contributed by atoms with Crippen LogP contribution in [0.15, 0.2) is 70.5 Å². The van der Waals surface area contributed by atoms with Crippen LogP contribution in [0.5, 0.6) is 11.5 Å². The van der Waals surface area contributed by atoms with Crippen molar-refractivity contribution in [3.63, 3.8) is 0 Å². The molecule has 3 nitrogen and oxygen atoms in total. The Morgan fingerprint density at radius 2 is 1.68 bits per heavy atom. The lowest BCUT2D eigenvalue weighted by molar-refractivity contribution is 0.103. The molecular formula is C17H12BrNO2S. The highest BCUT2D eigenvalue weighted by Gasteiger charge is 2.12. The number of carbonyl (C=O) groups excluding carboxylic acids is 1. The van der Waals surface area contributed by atoms with E-state index in [0.29, 0.717) is 16.3 Å². The van der Waals surface area contributed by atoms with Crippen molar-refractivity contribution in [3.8, 4) is 11.5 Å². The van der Waals surface area contributed by atoms with Gasteiger partial charge < -0.3 is 10.1 Å². The Bertz CT molecular complexity index is 786. The number of thiophene rings is 1. The zero-order valence-electron chi connectivity index (χ0n) is 11.5. The van der Waals surface area contributed by atoms with Gasteiger partial charge in [-0.3, -0.25) is 4.79 Å². The normalized spacial score (nSPS) is 10.2. The summed E-state index contributed by atoms with van der Waals surface area (Å²) in [6.07, 6.45) is 0. The van der Waals surface area contributed by atoms with Crippen molar-refractivity contribution in [2.75, 3.05) is 5.32 Å². The minimum absolute atomic E-state index is 0.153. The highest BCUT2D eigenvalue weighted by atomic mass is 79.9. The summed E-state index contributed by atoms with van der Waals surface area (Å²) in [5.41, 5.74) is 0.640. The average Bonchev–Trinajstić information content (AvgIpc) is 2.97. The van der Waals surface area contributed by atoms with Crippen LogP contribution in [-0.4, -0.2) is 5.91 Å². The molecule has 5 heteroatoms. The Balaban J connectivity index is 1.81. The number of ether oxygens (including phenoxy) is 1. The molecule has 0 saturated heterocycles. The van der Waals surface area contributed by atoms with Gasteiger partial charge in [0.2, 0.25) is 0 Å². The molecule has 1 heterocycles. The second-order valence-electron chi connectivity index (χ2n) is 4.47. The first-order valence-electron chi connectivity index (χ1n) is 6.61. The van der Waals surface area contributed by atoms with Crippen LogP contribution in [0.25, 0.3) is 0 Å². The fourth-order valence-electron chi connectivity index (χ4n) is 1.89. The van der Waals surface area contributed by atoms with E-state index in [4.69, 9.17) is 4.74 Å². The molecule has 0 aliphatic carbocycles. The van der Waals surface area contributed by atoms with E-state index >= 15 is 0 Å². The van der Waals surface area contributed by atoms with E-state index in [-0.39, 0.29) is 5.91 Å². The third kappa shape index (κ3) is 3.55. The van der Waals surface area contributed by atoms with E-state index in [2.05, 4.69) is 21.2 Å². The molecule has 0 aliphatic rings. The predicted molar refractivity (Wildman–Crippen MR) is 92.9 cm³/mol. The minimum Gasteiger partial charge on any atom is -0.455 e. The van der Waals surface area contributed by atoms with Gasteiger partial charge in [-0.15, -0.1) is 11.3 Å². The van der Waals surface area contributed by atoms with Crippen LogP contribution in [0, 0.1) is 0 Å². The van der Waals surface area contributed by atoms with Gasteiger partial charge in [0, 0.05) is 0 Å². The molecule has 110 valence electrons. The second kappa shape index (κ2) is 6.77. The van der Waals surface area contributed by atoms with Crippen LogP contribution in [0.4, 0.5) is 5.69 Å². The number of halogens is 1. The maximum Gasteiger partial charge on any atom is 0.265 e. The number of nitrogens with one attached hydrogen (secondary N) is 1. The van der Waals surface area contributed by atoms with Gasteiger partial charge in [-0.05, 0) is 52.3 Å². The SMILES string of the molecule is O=C(Nc1ccccc1Oc1ccccc1)c1ccc(Br)s1.